The summed E-state index contributed by atoms with van der Waals surface area (Å²) >= 11 is 5.97. The topological polar surface area (TPSA) is 65.5 Å². The minimum Gasteiger partial charge on any atom is -0.355 e. The van der Waals surface area contributed by atoms with Gasteiger partial charge in [-0.1, -0.05) is 41.4 Å². The predicted octanol–water partition coefficient (Wildman–Crippen LogP) is 2.74. The number of halogens is 1. The Morgan fingerprint density at radius 1 is 1.04 bits per heavy atom. The third-order valence-electron chi connectivity index (χ3n) is 3.56. The van der Waals surface area contributed by atoms with Gasteiger partial charge in [-0.2, -0.15) is 0 Å². The highest BCUT2D eigenvalue weighted by molar-refractivity contribution is 6.30. The van der Waals surface area contributed by atoms with Crippen LogP contribution in [-0.4, -0.2) is 32.0 Å². The summed E-state index contributed by atoms with van der Waals surface area (Å²) < 4.78 is 0. The van der Waals surface area contributed by atoms with Crippen molar-refractivity contribution in [3.05, 3.63) is 70.2 Å². The SMILES string of the molecule is CN=C(NCCNC(=O)c1cccc(C)c1)NCc1cccc(Cl)c1. The van der Waals surface area contributed by atoms with Crippen molar-refractivity contribution in [1.29, 1.82) is 0 Å². The molecule has 1 amide bonds. The molecule has 3 N–H and O–H groups in total. The maximum absolute atomic E-state index is 12.1. The van der Waals surface area contributed by atoms with E-state index >= 15 is 0 Å². The molecule has 2 aromatic carbocycles. The van der Waals surface area contributed by atoms with E-state index in [4.69, 9.17) is 11.6 Å². The zero-order chi connectivity index (χ0) is 18.1. The first kappa shape index (κ1) is 18.8. The molecule has 132 valence electrons. The van der Waals surface area contributed by atoms with Crippen LogP contribution in [0, 0.1) is 6.92 Å². The van der Waals surface area contributed by atoms with Crippen LogP contribution in [0.25, 0.3) is 0 Å². The van der Waals surface area contributed by atoms with Gasteiger partial charge in [0.25, 0.3) is 5.91 Å². The summed E-state index contributed by atoms with van der Waals surface area (Å²) in [7, 11) is 1.71. The quantitative estimate of drug-likeness (QED) is 0.422. The molecule has 0 saturated carbocycles. The summed E-state index contributed by atoms with van der Waals surface area (Å²) in [6, 6.07) is 15.2. The normalized spacial score (nSPS) is 11.1. The van der Waals surface area contributed by atoms with Crippen LogP contribution in [-0.2, 0) is 6.54 Å². The predicted molar refractivity (Wildman–Crippen MR) is 103 cm³/mol. The highest BCUT2D eigenvalue weighted by Gasteiger charge is 2.04. The van der Waals surface area contributed by atoms with Crippen molar-refractivity contribution in [2.45, 2.75) is 13.5 Å². The van der Waals surface area contributed by atoms with Crippen molar-refractivity contribution < 1.29 is 4.79 Å². The number of carbonyl (C=O) groups excluding carboxylic acids is 1. The molecule has 0 unspecified atom stereocenters. The van der Waals surface area contributed by atoms with Crippen molar-refractivity contribution in [3.8, 4) is 0 Å². The number of aryl methyl sites for hydroxylation is 1. The van der Waals surface area contributed by atoms with Crippen molar-refractivity contribution in [2.24, 2.45) is 4.99 Å². The number of aliphatic imine (C=N–C) groups is 1. The number of guanidine groups is 1. The molecule has 0 bridgehead atoms. The molecule has 0 fully saturated rings. The van der Waals surface area contributed by atoms with E-state index in [0.717, 1.165) is 11.1 Å². The fourth-order valence-electron chi connectivity index (χ4n) is 2.30. The lowest BCUT2D eigenvalue weighted by Crippen LogP contribution is -2.41. The zero-order valence-corrected chi connectivity index (χ0v) is 15.2. The van der Waals surface area contributed by atoms with Gasteiger partial charge in [0.1, 0.15) is 0 Å². The van der Waals surface area contributed by atoms with Crippen LogP contribution in [0.5, 0.6) is 0 Å². The fourth-order valence-corrected chi connectivity index (χ4v) is 2.51. The number of nitrogens with zero attached hydrogens (tertiary/aromatic N) is 1. The van der Waals surface area contributed by atoms with E-state index in [-0.39, 0.29) is 5.91 Å². The third-order valence-corrected chi connectivity index (χ3v) is 3.79. The van der Waals surface area contributed by atoms with Crippen LogP contribution in [0.2, 0.25) is 5.02 Å². The van der Waals surface area contributed by atoms with Gasteiger partial charge in [-0.15, -0.1) is 0 Å². The monoisotopic (exact) mass is 358 g/mol. The Hall–Kier alpha value is -2.53. The zero-order valence-electron chi connectivity index (χ0n) is 14.5. The lowest BCUT2D eigenvalue weighted by atomic mass is 10.1. The molecule has 25 heavy (non-hydrogen) atoms. The summed E-state index contributed by atoms with van der Waals surface area (Å²) in [4.78, 5) is 16.2. The highest BCUT2D eigenvalue weighted by atomic mass is 35.5. The van der Waals surface area contributed by atoms with E-state index in [0.29, 0.717) is 36.2 Å². The van der Waals surface area contributed by atoms with Gasteiger partial charge in [0.15, 0.2) is 5.96 Å². The molecule has 0 saturated heterocycles. The van der Waals surface area contributed by atoms with Gasteiger partial charge in [0.05, 0.1) is 0 Å². The Balaban J connectivity index is 1.71. The van der Waals surface area contributed by atoms with Crippen molar-refractivity contribution in [2.75, 3.05) is 20.1 Å². The maximum Gasteiger partial charge on any atom is 0.251 e. The Kier molecular flexibility index (Phi) is 7.29. The van der Waals surface area contributed by atoms with Crippen molar-refractivity contribution in [3.63, 3.8) is 0 Å². The average Bonchev–Trinajstić information content (AvgIpc) is 2.61. The number of rotatable bonds is 6. The van der Waals surface area contributed by atoms with Gasteiger partial charge >= 0.3 is 0 Å². The van der Waals surface area contributed by atoms with Crippen LogP contribution in [0.1, 0.15) is 21.5 Å². The summed E-state index contributed by atoms with van der Waals surface area (Å²) in [6.07, 6.45) is 0. The minimum absolute atomic E-state index is 0.0765. The Bertz CT molecular complexity index is 746. The number of amides is 1. The van der Waals surface area contributed by atoms with Gasteiger partial charge < -0.3 is 16.0 Å². The van der Waals surface area contributed by atoms with Gasteiger partial charge in [-0.3, -0.25) is 9.79 Å². The molecule has 0 spiro atoms. The third kappa shape index (κ3) is 6.47. The molecule has 5 nitrogen and oxygen atoms in total. The van der Waals surface area contributed by atoms with Crippen LogP contribution in [0.3, 0.4) is 0 Å². The molecule has 0 aromatic heterocycles. The number of hydrogen-bond acceptors (Lipinski definition) is 2. The summed E-state index contributed by atoms with van der Waals surface area (Å²) in [6.45, 7) is 3.67. The number of hydrogen-bond donors (Lipinski definition) is 3. The lowest BCUT2D eigenvalue weighted by Gasteiger charge is -2.12. The number of benzene rings is 2. The first-order valence-corrected chi connectivity index (χ1v) is 8.50. The molecule has 0 aliphatic rings. The van der Waals surface area contributed by atoms with Gasteiger partial charge in [-0.05, 0) is 36.8 Å². The molecule has 0 aliphatic carbocycles. The Morgan fingerprint density at radius 2 is 1.80 bits per heavy atom. The maximum atomic E-state index is 12.1. The van der Waals surface area contributed by atoms with Gasteiger partial charge in [-0.25, -0.2) is 0 Å². The van der Waals surface area contributed by atoms with E-state index in [9.17, 15) is 4.79 Å². The standard InChI is InChI=1S/C19H23ClN4O/c1-14-5-3-7-16(11-14)18(25)22-9-10-23-19(21-2)24-13-15-6-4-8-17(20)12-15/h3-8,11-12H,9-10,13H2,1-2H3,(H,22,25)(H2,21,23,24). The van der Waals surface area contributed by atoms with Crippen molar-refractivity contribution >= 4 is 23.5 Å². The summed E-state index contributed by atoms with van der Waals surface area (Å²) in [5.41, 5.74) is 2.81. The van der Waals surface area contributed by atoms with E-state index in [2.05, 4.69) is 20.9 Å². The Labute approximate surface area is 153 Å². The second kappa shape index (κ2) is 9.69. The molecule has 0 aliphatic heterocycles. The second-order valence-corrected chi connectivity index (χ2v) is 6.04. The van der Waals surface area contributed by atoms with Gasteiger partial charge in [0.2, 0.25) is 0 Å². The molecule has 2 aromatic rings. The van der Waals surface area contributed by atoms with Crippen molar-refractivity contribution in [1.82, 2.24) is 16.0 Å². The van der Waals surface area contributed by atoms with Crippen LogP contribution in [0.4, 0.5) is 0 Å². The molecule has 6 heteroatoms. The minimum atomic E-state index is -0.0765. The molecular weight excluding hydrogens is 336 g/mol. The number of nitrogens with one attached hydrogen (secondary N) is 3. The highest BCUT2D eigenvalue weighted by Crippen LogP contribution is 2.10. The molecule has 2 rings (SSSR count). The molecule has 0 heterocycles. The van der Waals surface area contributed by atoms with Crippen LogP contribution >= 0.6 is 11.6 Å². The van der Waals surface area contributed by atoms with E-state index in [1.807, 2.05) is 49.4 Å². The summed E-state index contributed by atoms with van der Waals surface area (Å²) in [5.74, 6) is 0.595. The molecule has 0 atom stereocenters. The first-order valence-electron chi connectivity index (χ1n) is 8.12. The van der Waals surface area contributed by atoms with Crippen LogP contribution in [0.15, 0.2) is 53.5 Å². The average molecular weight is 359 g/mol. The van der Waals surface area contributed by atoms with E-state index in [1.165, 1.54) is 0 Å². The Morgan fingerprint density at radius 3 is 2.52 bits per heavy atom. The first-order chi connectivity index (χ1) is 12.1. The largest absolute Gasteiger partial charge is 0.355 e. The summed E-state index contributed by atoms with van der Waals surface area (Å²) in [5, 5.41) is 9.97. The molecule has 0 radical (unpaired) electrons. The second-order valence-electron chi connectivity index (χ2n) is 5.61. The lowest BCUT2D eigenvalue weighted by molar-refractivity contribution is 0.0954. The molecular formula is C19H23ClN4O. The van der Waals surface area contributed by atoms with Crippen LogP contribution < -0.4 is 16.0 Å². The smallest absolute Gasteiger partial charge is 0.251 e. The number of carbonyl (C=O) groups is 1. The van der Waals surface area contributed by atoms with E-state index < -0.39 is 0 Å². The van der Waals surface area contributed by atoms with Gasteiger partial charge in [0, 0.05) is 37.3 Å². The fraction of sp³-hybridized carbons (Fsp3) is 0.263. The van der Waals surface area contributed by atoms with E-state index in [1.54, 1.807) is 13.1 Å².